The minimum absolute atomic E-state index is 0.0752. The quantitative estimate of drug-likeness (QED) is 0.638. The number of benzene rings is 1. The van der Waals surface area contributed by atoms with Crippen LogP contribution in [0.15, 0.2) is 22.7 Å². The van der Waals surface area contributed by atoms with Gasteiger partial charge >= 0.3 is 0 Å². The molecule has 2 rings (SSSR count). The first-order chi connectivity index (χ1) is 9.59. The Morgan fingerprint density at radius 1 is 1.50 bits per heavy atom. The molecule has 1 heterocycles. The van der Waals surface area contributed by atoms with Gasteiger partial charge in [-0.05, 0) is 56.4 Å². The van der Waals surface area contributed by atoms with E-state index in [1.165, 1.54) is 12.0 Å². The number of nitrogens with two attached hydrogens (primary N) is 1. The van der Waals surface area contributed by atoms with Gasteiger partial charge in [-0.25, -0.2) is 0 Å². The zero-order valence-electron chi connectivity index (χ0n) is 12.1. The van der Waals surface area contributed by atoms with E-state index in [0.29, 0.717) is 0 Å². The van der Waals surface area contributed by atoms with Gasteiger partial charge < -0.3 is 9.47 Å². The summed E-state index contributed by atoms with van der Waals surface area (Å²) in [5.74, 6) is 6.64. The van der Waals surface area contributed by atoms with Gasteiger partial charge in [0.25, 0.3) is 0 Å². The maximum atomic E-state index is 6.00. The number of methoxy groups -OCH3 is 1. The molecule has 2 atom stereocenters. The van der Waals surface area contributed by atoms with E-state index in [4.69, 9.17) is 15.3 Å². The Labute approximate surface area is 129 Å². The van der Waals surface area contributed by atoms with E-state index in [9.17, 15) is 0 Å². The van der Waals surface area contributed by atoms with E-state index in [1.807, 2.05) is 18.2 Å². The molecule has 0 bridgehead atoms. The number of halogens is 1. The Kier molecular flexibility index (Phi) is 5.43. The van der Waals surface area contributed by atoms with Crippen LogP contribution in [-0.4, -0.2) is 25.4 Å². The fourth-order valence-electron chi connectivity index (χ4n) is 2.74. The molecule has 1 aliphatic heterocycles. The number of rotatable bonds is 5. The normalized spacial score (nSPS) is 24.4. The molecule has 1 fully saturated rings. The van der Waals surface area contributed by atoms with Crippen LogP contribution >= 0.6 is 15.9 Å². The van der Waals surface area contributed by atoms with Crippen LogP contribution in [0, 0.1) is 0 Å². The van der Waals surface area contributed by atoms with Crippen LogP contribution in [0.25, 0.3) is 0 Å². The molecule has 1 saturated heterocycles. The highest BCUT2D eigenvalue weighted by Crippen LogP contribution is 2.31. The molecule has 2 unspecified atom stereocenters. The molecule has 4 nitrogen and oxygen atoms in total. The average molecular weight is 343 g/mol. The summed E-state index contributed by atoms with van der Waals surface area (Å²) in [6, 6.07) is 6.06. The molecule has 20 heavy (non-hydrogen) atoms. The third-order valence-electron chi connectivity index (χ3n) is 4.11. The molecule has 0 saturated carbocycles. The summed E-state index contributed by atoms with van der Waals surface area (Å²) < 4.78 is 12.4. The second-order valence-corrected chi connectivity index (χ2v) is 6.35. The van der Waals surface area contributed by atoms with Crippen molar-refractivity contribution in [3.63, 3.8) is 0 Å². The van der Waals surface area contributed by atoms with E-state index < -0.39 is 0 Å². The number of hydrazine groups is 1. The van der Waals surface area contributed by atoms with Crippen molar-refractivity contribution in [2.45, 2.75) is 44.2 Å². The van der Waals surface area contributed by atoms with Gasteiger partial charge in [-0.2, -0.15) is 0 Å². The first-order valence-electron chi connectivity index (χ1n) is 7.01. The van der Waals surface area contributed by atoms with Gasteiger partial charge in [-0.1, -0.05) is 15.9 Å². The van der Waals surface area contributed by atoms with E-state index in [1.54, 1.807) is 7.11 Å². The summed E-state index contributed by atoms with van der Waals surface area (Å²) in [4.78, 5) is 0. The summed E-state index contributed by atoms with van der Waals surface area (Å²) in [6.07, 6.45) is 4.15. The molecule has 5 heteroatoms. The largest absolute Gasteiger partial charge is 0.497 e. The molecule has 0 aliphatic carbocycles. The van der Waals surface area contributed by atoms with Crippen LogP contribution in [0.3, 0.4) is 0 Å². The molecule has 3 N–H and O–H groups in total. The topological polar surface area (TPSA) is 56.5 Å². The van der Waals surface area contributed by atoms with Crippen LogP contribution in [0.2, 0.25) is 0 Å². The summed E-state index contributed by atoms with van der Waals surface area (Å²) in [5, 5.41) is 0. The maximum Gasteiger partial charge on any atom is 0.119 e. The van der Waals surface area contributed by atoms with Crippen molar-refractivity contribution >= 4 is 15.9 Å². The Balaban J connectivity index is 2.17. The molecular formula is C15H23BrN2O2. The standard InChI is InChI=1S/C15H23BrN2O2/c1-15(7-3-4-8-20-15)14(18-17)10-11-9-12(19-2)5-6-13(11)16/h5-6,9,14,18H,3-4,7-8,10,17H2,1-2H3. The van der Waals surface area contributed by atoms with Gasteiger partial charge in [0.2, 0.25) is 0 Å². The van der Waals surface area contributed by atoms with Gasteiger partial charge in [0.05, 0.1) is 18.8 Å². The fraction of sp³-hybridized carbons (Fsp3) is 0.600. The predicted octanol–water partition coefficient (Wildman–Crippen LogP) is 2.79. The lowest BCUT2D eigenvalue weighted by molar-refractivity contribution is -0.0885. The fourth-order valence-corrected chi connectivity index (χ4v) is 3.14. The molecular weight excluding hydrogens is 320 g/mol. The van der Waals surface area contributed by atoms with Crippen LogP contribution in [-0.2, 0) is 11.2 Å². The minimum Gasteiger partial charge on any atom is -0.497 e. The number of hydrogen-bond donors (Lipinski definition) is 2. The van der Waals surface area contributed by atoms with E-state index in [2.05, 4.69) is 28.3 Å². The average Bonchev–Trinajstić information content (AvgIpc) is 2.47. The minimum atomic E-state index is -0.213. The van der Waals surface area contributed by atoms with Crippen molar-refractivity contribution in [3.8, 4) is 5.75 Å². The Morgan fingerprint density at radius 2 is 2.30 bits per heavy atom. The lowest BCUT2D eigenvalue weighted by atomic mass is 9.85. The van der Waals surface area contributed by atoms with Crippen LogP contribution in [0.5, 0.6) is 5.75 Å². The Morgan fingerprint density at radius 3 is 2.90 bits per heavy atom. The molecule has 0 aromatic heterocycles. The molecule has 1 aromatic carbocycles. The molecule has 0 radical (unpaired) electrons. The van der Waals surface area contributed by atoms with Gasteiger partial charge in [0.15, 0.2) is 0 Å². The van der Waals surface area contributed by atoms with Gasteiger partial charge in [0.1, 0.15) is 5.75 Å². The van der Waals surface area contributed by atoms with E-state index in [0.717, 1.165) is 36.1 Å². The van der Waals surface area contributed by atoms with Crippen molar-refractivity contribution in [2.24, 2.45) is 5.84 Å². The zero-order chi connectivity index (χ0) is 14.6. The monoisotopic (exact) mass is 342 g/mol. The van der Waals surface area contributed by atoms with Crippen molar-refractivity contribution in [1.29, 1.82) is 0 Å². The van der Waals surface area contributed by atoms with E-state index in [-0.39, 0.29) is 11.6 Å². The highest BCUT2D eigenvalue weighted by molar-refractivity contribution is 9.10. The van der Waals surface area contributed by atoms with Crippen LogP contribution < -0.4 is 16.0 Å². The molecule has 112 valence electrons. The maximum absolute atomic E-state index is 6.00. The highest BCUT2D eigenvalue weighted by atomic mass is 79.9. The highest BCUT2D eigenvalue weighted by Gasteiger charge is 2.36. The smallest absolute Gasteiger partial charge is 0.119 e. The molecule has 1 aliphatic rings. The number of ether oxygens (including phenoxy) is 2. The predicted molar refractivity (Wildman–Crippen MR) is 83.7 cm³/mol. The third-order valence-corrected chi connectivity index (χ3v) is 4.89. The number of nitrogens with one attached hydrogen (secondary N) is 1. The summed E-state index contributed by atoms with van der Waals surface area (Å²) in [5.41, 5.74) is 3.90. The first-order valence-corrected chi connectivity index (χ1v) is 7.81. The Hall–Kier alpha value is -0.620. The first kappa shape index (κ1) is 15.8. The lowest BCUT2D eigenvalue weighted by Gasteiger charge is -2.40. The summed E-state index contributed by atoms with van der Waals surface area (Å²) >= 11 is 3.59. The van der Waals surface area contributed by atoms with Crippen LogP contribution in [0.4, 0.5) is 0 Å². The van der Waals surface area contributed by atoms with Gasteiger partial charge in [-0.3, -0.25) is 11.3 Å². The summed E-state index contributed by atoms with van der Waals surface area (Å²) in [7, 11) is 1.68. The molecule has 0 amide bonds. The van der Waals surface area contributed by atoms with E-state index >= 15 is 0 Å². The Bertz CT molecular complexity index is 447. The van der Waals surface area contributed by atoms with Crippen molar-refractivity contribution in [2.75, 3.05) is 13.7 Å². The molecule has 0 spiro atoms. The third kappa shape index (κ3) is 3.52. The second-order valence-electron chi connectivity index (χ2n) is 5.50. The van der Waals surface area contributed by atoms with Crippen molar-refractivity contribution in [1.82, 2.24) is 5.43 Å². The van der Waals surface area contributed by atoms with Crippen LogP contribution in [0.1, 0.15) is 31.7 Å². The SMILES string of the molecule is COc1ccc(Br)c(CC(NN)C2(C)CCCCO2)c1. The number of hydrogen-bond acceptors (Lipinski definition) is 4. The van der Waals surface area contributed by atoms with Gasteiger partial charge in [-0.15, -0.1) is 0 Å². The summed E-state index contributed by atoms with van der Waals surface area (Å²) in [6.45, 7) is 2.96. The van der Waals surface area contributed by atoms with Gasteiger partial charge in [0, 0.05) is 11.1 Å². The lowest BCUT2D eigenvalue weighted by Crippen LogP contribution is -2.55. The van der Waals surface area contributed by atoms with Crippen molar-refractivity contribution < 1.29 is 9.47 Å². The second kappa shape index (κ2) is 6.89. The molecule has 1 aromatic rings. The van der Waals surface area contributed by atoms with Crippen molar-refractivity contribution in [3.05, 3.63) is 28.2 Å². The zero-order valence-corrected chi connectivity index (χ0v) is 13.7.